The van der Waals surface area contributed by atoms with Crippen LogP contribution in [0.3, 0.4) is 0 Å². The molecular formula is C10H13F2NO2. The average Bonchev–Trinajstić information content (AvgIpc) is 2.28. The van der Waals surface area contributed by atoms with Crippen LogP contribution in [0.1, 0.15) is 11.7 Å². The summed E-state index contributed by atoms with van der Waals surface area (Å²) in [7, 11) is 1.47. The van der Waals surface area contributed by atoms with Gasteiger partial charge in [-0.2, -0.15) is 0 Å². The Hall–Kier alpha value is -1.20. The van der Waals surface area contributed by atoms with Crippen LogP contribution >= 0.6 is 0 Å². The molecule has 0 aliphatic rings. The number of methoxy groups -OCH3 is 1. The number of aliphatic hydroxyl groups excluding tert-OH is 1. The van der Waals surface area contributed by atoms with E-state index in [2.05, 4.69) is 0 Å². The molecule has 1 rings (SSSR count). The van der Waals surface area contributed by atoms with Crippen molar-refractivity contribution < 1.29 is 18.6 Å². The fraction of sp³-hybridized carbons (Fsp3) is 0.400. The number of hydrogen-bond donors (Lipinski definition) is 2. The Morgan fingerprint density at radius 1 is 1.40 bits per heavy atom. The van der Waals surface area contributed by atoms with Gasteiger partial charge >= 0.3 is 0 Å². The van der Waals surface area contributed by atoms with E-state index in [1.807, 2.05) is 0 Å². The normalized spacial score (nSPS) is 13.7. The molecule has 1 unspecified atom stereocenters. The molecule has 0 spiro atoms. The first-order chi connectivity index (χ1) is 7.01. The van der Waals surface area contributed by atoms with Crippen LogP contribution in [0.25, 0.3) is 0 Å². The van der Waals surface area contributed by atoms with Crippen molar-refractivity contribution in [3.8, 4) is 5.75 Å². The molecule has 0 amide bonds. The van der Waals surface area contributed by atoms with Crippen molar-refractivity contribution in [1.29, 1.82) is 0 Å². The van der Waals surface area contributed by atoms with Gasteiger partial charge in [-0.25, -0.2) is 8.78 Å². The molecule has 15 heavy (non-hydrogen) atoms. The highest BCUT2D eigenvalue weighted by molar-refractivity contribution is 5.29. The van der Waals surface area contributed by atoms with Gasteiger partial charge < -0.3 is 15.6 Å². The Morgan fingerprint density at radius 2 is 1.93 bits per heavy atom. The molecule has 0 radical (unpaired) electrons. The summed E-state index contributed by atoms with van der Waals surface area (Å²) in [5.41, 5.74) is 4.98. The van der Waals surface area contributed by atoms with E-state index in [1.54, 1.807) is 0 Å². The smallest absolute Gasteiger partial charge is 0.289 e. The first kappa shape index (κ1) is 11.9. The molecule has 0 aliphatic carbocycles. The van der Waals surface area contributed by atoms with Gasteiger partial charge in [0, 0.05) is 0 Å². The van der Waals surface area contributed by atoms with Crippen molar-refractivity contribution in [2.45, 2.75) is 12.0 Å². The minimum atomic E-state index is -3.31. The lowest BCUT2D eigenvalue weighted by atomic mass is 10.0. The third-order valence-electron chi connectivity index (χ3n) is 2.10. The lowest BCUT2D eigenvalue weighted by molar-refractivity contribution is -0.102. The Kier molecular flexibility index (Phi) is 3.60. The number of rotatable bonds is 4. The van der Waals surface area contributed by atoms with E-state index in [9.17, 15) is 13.9 Å². The van der Waals surface area contributed by atoms with Gasteiger partial charge in [0.25, 0.3) is 5.92 Å². The minimum absolute atomic E-state index is 0.117. The summed E-state index contributed by atoms with van der Waals surface area (Å²) in [5.74, 6) is -2.77. The molecule has 0 bridgehead atoms. The highest BCUT2D eigenvalue weighted by atomic mass is 19.3. The van der Waals surface area contributed by atoms with Crippen LogP contribution < -0.4 is 10.5 Å². The summed E-state index contributed by atoms with van der Waals surface area (Å²) in [6, 6.07) is 5.77. The van der Waals surface area contributed by atoms with Crippen molar-refractivity contribution in [1.82, 2.24) is 0 Å². The molecule has 84 valence electrons. The van der Waals surface area contributed by atoms with Crippen LogP contribution in [0.15, 0.2) is 24.3 Å². The number of hydrogen-bond acceptors (Lipinski definition) is 3. The minimum Gasteiger partial charge on any atom is -0.497 e. The Bertz CT molecular complexity index is 314. The zero-order valence-corrected chi connectivity index (χ0v) is 8.28. The summed E-state index contributed by atoms with van der Waals surface area (Å²) < 4.78 is 30.9. The van der Waals surface area contributed by atoms with Gasteiger partial charge in [0.1, 0.15) is 11.9 Å². The number of nitrogens with two attached hydrogens (primary N) is 1. The predicted molar refractivity (Wildman–Crippen MR) is 52.0 cm³/mol. The summed E-state index contributed by atoms with van der Waals surface area (Å²) in [5, 5.41) is 9.34. The first-order valence-corrected chi connectivity index (χ1v) is 4.41. The summed E-state index contributed by atoms with van der Waals surface area (Å²) in [6.45, 7) is -0.889. The molecule has 0 saturated heterocycles. The van der Waals surface area contributed by atoms with Crippen LogP contribution in [0.4, 0.5) is 8.78 Å². The van der Waals surface area contributed by atoms with E-state index in [0.717, 1.165) is 0 Å². The molecular weight excluding hydrogens is 204 g/mol. The van der Waals surface area contributed by atoms with Gasteiger partial charge in [-0.15, -0.1) is 0 Å². The topological polar surface area (TPSA) is 55.5 Å². The third kappa shape index (κ3) is 2.64. The molecule has 0 fully saturated rings. The Morgan fingerprint density at radius 3 is 2.33 bits per heavy atom. The van der Waals surface area contributed by atoms with E-state index < -0.39 is 18.6 Å². The molecule has 1 atom stereocenters. The quantitative estimate of drug-likeness (QED) is 0.799. The number of alkyl halides is 2. The van der Waals surface area contributed by atoms with Crippen LogP contribution in [0.2, 0.25) is 0 Å². The van der Waals surface area contributed by atoms with E-state index in [0.29, 0.717) is 5.75 Å². The molecule has 5 heteroatoms. The molecule has 0 aliphatic heterocycles. The van der Waals surface area contributed by atoms with E-state index >= 15 is 0 Å². The van der Waals surface area contributed by atoms with Crippen molar-refractivity contribution >= 4 is 0 Å². The number of ether oxygens (including phenoxy) is 1. The van der Waals surface area contributed by atoms with Gasteiger partial charge in [0.15, 0.2) is 0 Å². The lowest BCUT2D eigenvalue weighted by Gasteiger charge is -2.21. The molecule has 0 saturated carbocycles. The largest absolute Gasteiger partial charge is 0.497 e. The van der Waals surface area contributed by atoms with Crippen LogP contribution in [-0.2, 0) is 0 Å². The molecule has 3 N–H and O–H groups in total. The zero-order valence-electron chi connectivity index (χ0n) is 8.28. The van der Waals surface area contributed by atoms with Gasteiger partial charge in [0.05, 0.1) is 13.7 Å². The zero-order chi connectivity index (χ0) is 11.5. The maximum Gasteiger partial charge on any atom is 0.289 e. The van der Waals surface area contributed by atoms with E-state index in [-0.39, 0.29) is 5.56 Å². The molecule has 1 aromatic rings. The number of benzene rings is 1. The highest BCUT2D eigenvalue weighted by Crippen LogP contribution is 2.30. The van der Waals surface area contributed by atoms with Gasteiger partial charge in [0.2, 0.25) is 0 Å². The van der Waals surface area contributed by atoms with Crippen LogP contribution in [0.5, 0.6) is 5.75 Å². The summed E-state index contributed by atoms with van der Waals surface area (Å²) >= 11 is 0. The SMILES string of the molecule is COc1ccc(C(O)C(F)(F)CN)cc1. The molecule has 0 aromatic heterocycles. The summed E-state index contributed by atoms with van der Waals surface area (Å²) in [4.78, 5) is 0. The number of halogens is 2. The third-order valence-corrected chi connectivity index (χ3v) is 2.10. The van der Waals surface area contributed by atoms with Crippen molar-refractivity contribution in [3.05, 3.63) is 29.8 Å². The second kappa shape index (κ2) is 4.55. The van der Waals surface area contributed by atoms with Crippen LogP contribution in [-0.4, -0.2) is 24.7 Å². The second-order valence-corrected chi connectivity index (χ2v) is 3.14. The van der Waals surface area contributed by atoms with E-state index in [4.69, 9.17) is 10.5 Å². The Balaban J connectivity index is 2.87. The average molecular weight is 217 g/mol. The molecule has 3 nitrogen and oxygen atoms in total. The summed E-state index contributed by atoms with van der Waals surface area (Å²) in [6.07, 6.45) is -1.88. The van der Waals surface area contributed by atoms with Crippen LogP contribution in [0, 0.1) is 0 Å². The van der Waals surface area contributed by atoms with Gasteiger partial charge in [-0.1, -0.05) is 12.1 Å². The maximum absolute atomic E-state index is 13.0. The van der Waals surface area contributed by atoms with Crippen molar-refractivity contribution in [2.24, 2.45) is 5.73 Å². The number of aliphatic hydroxyl groups is 1. The Labute approximate surface area is 86.5 Å². The standard InChI is InChI=1S/C10H13F2NO2/c1-15-8-4-2-7(3-5-8)9(14)10(11,12)6-13/h2-5,9,14H,6,13H2,1H3. The fourth-order valence-corrected chi connectivity index (χ4v) is 1.14. The fourth-order valence-electron chi connectivity index (χ4n) is 1.14. The first-order valence-electron chi connectivity index (χ1n) is 4.41. The lowest BCUT2D eigenvalue weighted by Crippen LogP contribution is -2.34. The molecule has 0 heterocycles. The second-order valence-electron chi connectivity index (χ2n) is 3.14. The monoisotopic (exact) mass is 217 g/mol. The highest BCUT2D eigenvalue weighted by Gasteiger charge is 2.37. The van der Waals surface area contributed by atoms with Gasteiger partial charge in [-0.3, -0.25) is 0 Å². The van der Waals surface area contributed by atoms with Gasteiger partial charge in [-0.05, 0) is 17.7 Å². The van der Waals surface area contributed by atoms with Crippen molar-refractivity contribution in [3.63, 3.8) is 0 Å². The van der Waals surface area contributed by atoms with Crippen molar-refractivity contribution in [2.75, 3.05) is 13.7 Å². The molecule has 1 aromatic carbocycles. The predicted octanol–water partition coefficient (Wildman–Crippen LogP) is 1.32. The van der Waals surface area contributed by atoms with E-state index in [1.165, 1.54) is 31.4 Å². The maximum atomic E-state index is 13.0.